The second kappa shape index (κ2) is 5.76. The molecule has 0 saturated carbocycles. The molecule has 3 aliphatic rings. The van der Waals surface area contributed by atoms with Crippen LogP contribution >= 0.6 is 0 Å². The van der Waals surface area contributed by atoms with E-state index in [0.717, 1.165) is 7.25 Å². The first-order chi connectivity index (χ1) is 12.5. The van der Waals surface area contributed by atoms with Gasteiger partial charge >= 0.3 is 164 Å². The molecule has 1 fully saturated rings. The minimum atomic E-state index is -2.55. The van der Waals surface area contributed by atoms with E-state index in [1.165, 1.54) is 19.4 Å². The van der Waals surface area contributed by atoms with Crippen molar-refractivity contribution in [3.63, 3.8) is 0 Å². The third-order valence-electron chi connectivity index (χ3n) is 7.77. The van der Waals surface area contributed by atoms with Crippen LogP contribution in [0.25, 0.3) is 12.2 Å². The monoisotopic (exact) mass is 434 g/mol. The normalized spacial score (nSPS) is 26.3. The van der Waals surface area contributed by atoms with Crippen LogP contribution in [-0.2, 0) is 20.3 Å². The molecular formula is C24H28SiZr. The van der Waals surface area contributed by atoms with E-state index in [2.05, 4.69) is 87.6 Å². The molecule has 0 bridgehead atoms. The number of benzene rings is 2. The SMILES string of the molecule is C[CH2][Zr]1([CH2]C)[CH]2C(=Cc3ccccc32)[Si](C)(C)C2=Cc3ccccc3[CH]21. The first-order valence-corrected chi connectivity index (χ1v) is 19.5. The van der Waals surface area contributed by atoms with E-state index in [1.54, 1.807) is 11.1 Å². The summed E-state index contributed by atoms with van der Waals surface area (Å²) in [6.07, 6.45) is 5.26. The maximum absolute atomic E-state index is 2.63. The Kier molecular flexibility index (Phi) is 3.80. The van der Waals surface area contributed by atoms with Crippen LogP contribution in [0.15, 0.2) is 58.9 Å². The van der Waals surface area contributed by atoms with Crippen molar-refractivity contribution in [3.05, 3.63) is 81.2 Å². The topological polar surface area (TPSA) is 0 Å². The average Bonchev–Trinajstić information content (AvgIpc) is 3.25. The van der Waals surface area contributed by atoms with Gasteiger partial charge in [-0.05, 0) is 0 Å². The van der Waals surface area contributed by atoms with Crippen LogP contribution < -0.4 is 0 Å². The van der Waals surface area contributed by atoms with Gasteiger partial charge in [0.15, 0.2) is 0 Å². The molecule has 2 heteroatoms. The Morgan fingerprint density at radius 2 is 1.15 bits per heavy atom. The van der Waals surface area contributed by atoms with E-state index in [1.807, 2.05) is 10.4 Å². The van der Waals surface area contributed by atoms with Crippen LogP contribution in [0.5, 0.6) is 0 Å². The van der Waals surface area contributed by atoms with Gasteiger partial charge in [-0.3, -0.25) is 0 Å². The van der Waals surface area contributed by atoms with Gasteiger partial charge in [0, 0.05) is 0 Å². The molecule has 2 aromatic carbocycles. The summed E-state index contributed by atoms with van der Waals surface area (Å²) in [4.78, 5) is 0. The Balaban J connectivity index is 1.84. The number of allylic oxidation sites excluding steroid dienone is 2. The summed E-state index contributed by atoms with van der Waals surface area (Å²) in [5, 5.41) is 3.74. The molecule has 26 heavy (non-hydrogen) atoms. The van der Waals surface area contributed by atoms with Gasteiger partial charge in [0.05, 0.1) is 0 Å². The van der Waals surface area contributed by atoms with Crippen LogP contribution in [0.2, 0.25) is 21.4 Å². The first kappa shape index (κ1) is 17.1. The van der Waals surface area contributed by atoms with E-state index in [4.69, 9.17) is 0 Å². The van der Waals surface area contributed by atoms with E-state index < -0.39 is 28.3 Å². The summed E-state index contributed by atoms with van der Waals surface area (Å²) >= 11 is -2.55. The molecule has 0 N–H and O–H groups in total. The molecular weight excluding hydrogens is 408 g/mol. The molecule has 0 aromatic heterocycles. The Hall–Kier alpha value is -0.980. The summed E-state index contributed by atoms with van der Waals surface area (Å²) in [5.74, 6) is 0. The van der Waals surface area contributed by atoms with Crippen molar-refractivity contribution in [2.75, 3.05) is 0 Å². The summed E-state index contributed by atoms with van der Waals surface area (Å²) in [5.41, 5.74) is 6.44. The quantitative estimate of drug-likeness (QED) is 0.441. The number of hydrogen-bond acceptors (Lipinski definition) is 0. The standard InChI is InChI=1S/C20H18Si.2C2H5.Zr/c1-21(2,19-11-15-7-3-4-8-16(15)12-19)20-13-17-9-5-6-10-18(17)14-20;2*1-2;/h3-14H,1-2H3;2*1H2,2H3;. The maximum atomic E-state index is 2.63. The molecule has 1 heterocycles. The van der Waals surface area contributed by atoms with Crippen molar-refractivity contribution >= 4 is 20.2 Å². The van der Waals surface area contributed by atoms with Crippen molar-refractivity contribution in [2.45, 2.75) is 42.5 Å². The van der Waals surface area contributed by atoms with E-state index >= 15 is 0 Å². The predicted molar refractivity (Wildman–Crippen MR) is 113 cm³/mol. The molecule has 0 spiro atoms. The Morgan fingerprint density at radius 3 is 1.58 bits per heavy atom. The molecule has 1 saturated heterocycles. The Bertz CT molecular complexity index is 888. The summed E-state index contributed by atoms with van der Waals surface area (Å²) < 4.78 is 4.51. The zero-order chi connectivity index (χ0) is 18.1. The molecule has 0 nitrogen and oxygen atoms in total. The number of rotatable bonds is 2. The fourth-order valence-corrected chi connectivity index (χ4v) is 32.1. The third-order valence-corrected chi connectivity index (χ3v) is 28.1. The van der Waals surface area contributed by atoms with Gasteiger partial charge in [0.2, 0.25) is 0 Å². The van der Waals surface area contributed by atoms with E-state index in [0.29, 0.717) is 0 Å². The van der Waals surface area contributed by atoms with Gasteiger partial charge in [0.1, 0.15) is 0 Å². The first-order valence-electron chi connectivity index (χ1n) is 10.2. The van der Waals surface area contributed by atoms with Crippen LogP contribution in [0.1, 0.15) is 43.4 Å². The van der Waals surface area contributed by atoms with Crippen LogP contribution in [0.3, 0.4) is 0 Å². The molecule has 0 amide bonds. The number of hydrogen-bond donors (Lipinski definition) is 0. The van der Waals surface area contributed by atoms with Gasteiger partial charge in [-0.1, -0.05) is 0 Å². The Labute approximate surface area is 163 Å². The van der Waals surface area contributed by atoms with Crippen molar-refractivity contribution in [3.8, 4) is 0 Å². The molecule has 5 rings (SSSR count). The van der Waals surface area contributed by atoms with E-state index in [9.17, 15) is 0 Å². The second-order valence-corrected chi connectivity index (χ2v) is 25.7. The summed E-state index contributed by atoms with van der Waals surface area (Å²) in [6.45, 7) is 10.3. The molecule has 2 aliphatic carbocycles. The second-order valence-electron chi connectivity index (χ2n) is 8.89. The molecule has 1 aliphatic heterocycles. The molecule has 2 aromatic rings. The van der Waals surface area contributed by atoms with Crippen LogP contribution in [0.4, 0.5) is 0 Å². The molecule has 2 atom stereocenters. The predicted octanol–water partition coefficient (Wildman–Crippen LogP) is 7.09. The van der Waals surface area contributed by atoms with Crippen molar-refractivity contribution in [1.29, 1.82) is 0 Å². The Morgan fingerprint density at radius 1 is 0.731 bits per heavy atom. The zero-order valence-electron chi connectivity index (χ0n) is 16.3. The van der Waals surface area contributed by atoms with Crippen molar-refractivity contribution in [1.82, 2.24) is 0 Å². The van der Waals surface area contributed by atoms with Gasteiger partial charge in [-0.2, -0.15) is 0 Å². The van der Waals surface area contributed by atoms with Gasteiger partial charge in [0.25, 0.3) is 0 Å². The molecule has 2 unspecified atom stereocenters. The van der Waals surface area contributed by atoms with Crippen LogP contribution in [-0.4, -0.2) is 8.07 Å². The molecule has 132 valence electrons. The summed E-state index contributed by atoms with van der Waals surface area (Å²) in [6, 6.07) is 18.7. The van der Waals surface area contributed by atoms with Gasteiger partial charge in [-0.15, -0.1) is 0 Å². The van der Waals surface area contributed by atoms with Crippen molar-refractivity contribution < 1.29 is 20.3 Å². The average molecular weight is 436 g/mol. The fourth-order valence-electron chi connectivity index (χ4n) is 6.37. The van der Waals surface area contributed by atoms with Crippen molar-refractivity contribution in [2.24, 2.45) is 0 Å². The van der Waals surface area contributed by atoms with Gasteiger partial charge in [-0.25, -0.2) is 0 Å². The van der Waals surface area contributed by atoms with Gasteiger partial charge < -0.3 is 0 Å². The van der Waals surface area contributed by atoms with E-state index in [-0.39, 0.29) is 0 Å². The minimum absolute atomic E-state index is 0.811. The van der Waals surface area contributed by atoms with Crippen LogP contribution in [0, 0.1) is 0 Å². The fraction of sp³-hybridized carbons (Fsp3) is 0.333. The number of fused-ring (bicyclic) bond motifs is 6. The molecule has 0 radical (unpaired) electrons. The third kappa shape index (κ3) is 1.98. The zero-order valence-corrected chi connectivity index (χ0v) is 19.8. The summed E-state index contributed by atoms with van der Waals surface area (Å²) in [7, 11) is -1.59.